The first kappa shape index (κ1) is 15.8. The van der Waals surface area contributed by atoms with Crippen molar-refractivity contribution in [3.8, 4) is 10.8 Å². The first-order chi connectivity index (χ1) is 10.5. The van der Waals surface area contributed by atoms with Gasteiger partial charge in [-0.05, 0) is 31.5 Å². The Balaban J connectivity index is 1.76. The SMILES string of the molecule is Cc1nc(C)c(-c2nnc(SCc3c(Cl)cccc3Cl)o2)s1. The van der Waals surface area contributed by atoms with E-state index in [1.807, 2.05) is 32.0 Å². The van der Waals surface area contributed by atoms with Gasteiger partial charge in [-0.3, -0.25) is 0 Å². The number of hydrogen-bond donors (Lipinski definition) is 0. The normalized spacial score (nSPS) is 11.1. The Bertz CT molecular complexity index is 796. The molecule has 4 nitrogen and oxygen atoms in total. The maximum Gasteiger partial charge on any atom is 0.277 e. The average molecular weight is 372 g/mol. The highest BCUT2D eigenvalue weighted by Gasteiger charge is 2.16. The highest BCUT2D eigenvalue weighted by molar-refractivity contribution is 7.98. The molecule has 2 heterocycles. The first-order valence-corrected chi connectivity index (χ1v) is 8.94. The first-order valence-electron chi connectivity index (χ1n) is 6.38. The smallest absolute Gasteiger partial charge is 0.277 e. The van der Waals surface area contributed by atoms with E-state index in [2.05, 4.69) is 15.2 Å². The molecule has 3 rings (SSSR count). The number of aryl methyl sites for hydroxylation is 2. The van der Waals surface area contributed by atoms with Crippen LogP contribution in [-0.2, 0) is 5.75 Å². The van der Waals surface area contributed by atoms with Gasteiger partial charge in [-0.15, -0.1) is 21.5 Å². The third-order valence-electron chi connectivity index (χ3n) is 2.91. The average Bonchev–Trinajstić information content (AvgIpc) is 3.04. The molecule has 0 N–H and O–H groups in total. The van der Waals surface area contributed by atoms with Gasteiger partial charge in [0.15, 0.2) is 0 Å². The number of aromatic nitrogens is 3. The van der Waals surface area contributed by atoms with Gasteiger partial charge in [0.25, 0.3) is 11.1 Å². The van der Waals surface area contributed by atoms with Crippen LogP contribution in [0.5, 0.6) is 0 Å². The lowest BCUT2D eigenvalue weighted by Crippen LogP contribution is -1.84. The van der Waals surface area contributed by atoms with Crippen LogP contribution in [0.4, 0.5) is 0 Å². The van der Waals surface area contributed by atoms with Crippen LogP contribution in [0, 0.1) is 13.8 Å². The van der Waals surface area contributed by atoms with E-state index in [1.54, 1.807) is 11.3 Å². The van der Waals surface area contributed by atoms with Gasteiger partial charge in [-0.1, -0.05) is 41.0 Å². The molecule has 8 heteroatoms. The molecule has 0 fully saturated rings. The maximum atomic E-state index is 6.15. The van der Waals surface area contributed by atoms with Crippen LogP contribution < -0.4 is 0 Å². The van der Waals surface area contributed by atoms with E-state index in [1.165, 1.54) is 11.8 Å². The second-order valence-electron chi connectivity index (χ2n) is 4.51. The third kappa shape index (κ3) is 3.30. The van der Waals surface area contributed by atoms with E-state index in [0.717, 1.165) is 21.1 Å². The molecular formula is C14H11Cl2N3OS2. The molecule has 0 aliphatic heterocycles. The quantitative estimate of drug-likeness (QED) is 0.573. The Hall–Kier alpha value is -1.08. The summed E-state index contributed by atoms with van der Waals surface area (Å²) >= 11 is 15.2. The van der Waals surface area contributed by atoms with Crippen molar-refractivity contribution in [1.82, 2.24) is 15.2 Å². The van der Waals surface area contributed by atoms with Gasteiger partial charge in [-0.2, -0.15) is 0 Å². The fraction of sp³-hybridized carbons (Fsp3) is 0.214. The van der Waals surface area contributed by atoms with Gasteiger partial charge in [0.2, 0.25) is 0 Å². The molecule has 2 aromatic heterocycles. The van der Waals surface area contributed by atoms with Crippen molar-refractivity contribution in [2.45, 2.75) is 24.8 Å². The summed E-state index contributed by atoms with van der Waals surface area (Å²) < 4.78 is 5.69. The highest BCUT2D eigenvalue weighted by Crippen LogP contribution is 2.34. The van der Waals surface area contributed by atoms with Crippen molar-refractivity contribution in [2.75, 3.05) is 0 Å². The van der Waals surface area contributed by atoms with Gasteiger partial charge in [0.1, 0.15) is 4.88 Å². The van der Waals surface area contributed by atoms with Crippen LogP contribution in [0.15, 0.2) is 27.8 Å². The molecule has 114 valence electrons. The molecule has 0 amide bonds. The number of thiazole rings is 1. The van der Waals surface area contributed by atoms with Crippen molar-refractivity contribution in [1.29, 1.82) is 0 Å². The third-order valence-corrected chi connectivity index (χ3v) is 5.52. The summed E-state index contributed by atoms with van der Waals surface area (Å²) in [5.41, 5.74) is 1.76. The molecule has 0 saturated heterocycles. The van der Waals surface area contributed by atoms with Crippen molar-refractivity contribution >= 4 is 46.3 Å². The molecule has 0 unspecified atom stereocenters. The summed E-state index contributed by atoms with van der Waals surface area (Å²) in [5.74, 6) is 1.07. The number of rotatable bonds is 4. The van der Waals surface area contributed by atoms with E-state index in [-0.39, 0.29) is 0 Å². The fourth-order valence-electron chi connectivity index (χ4n) is 1.89. The van der Waals surface area contributed by atoms with Gasteiger partial charge in [0, 0.05) is 15.8 Å². The van der Waals surface area contributed by atoms with E-state index in [9.17, 15) is 0 Å². The van der Waals surface area contributed by atoms with Crippen molar-refractivity contribution in [3.63, 3.8) is 0 Å². The molecule has 0 aliphatic rings. The van der Waals surface area contributed by atoms with Crippen LogP contribution in [0.2, 0.25) is 10.0 Å². The summed E-state index contributed by atoms with van der Waals surface area (Å²) in [6.45, 7) is 3.88. The summed E-state index contributed by atoms with van der Waals surface area (Å²) in [6.07, 6.45) is 0. The van der Waals surface area contributed by atoms with Crippen LogP contribution >= 0.6 is 46.3 Å². The van der Waals surface area contributed by atoms with Gasteiger partial charge < -0.3 is 4.42 Å². The van der Waals surface area contributed by atoms with Crippen molar-refractivity contribution < 1.29 is 4.42 Å². The summed E-state index contributed by atoms with van der Waals surface area (Å²) in [6, 6.07) is 5.44. The highest BCUT2D eigenvalue weighted by atomic mass is 35.5. The Kier molecular flexibility index (Phi) is 4.73. The molecule has 0 aliphatic carbocycles. The molecule has 0 saturated carbocycles. The second kappa shape index (κ2) is 6.58. The monoisotopic (exact) mass is 371 g/mol. The lowest BCUT2D eigenvalue weighted by atomic mass is 10.2. The molecule has 22 heavy (non-hydrogen) atoms. The minimum Gasteiger partial charge on any atom is -0.410 e. The zero-order valence-electron chi connectivity index (χ0n) is 11.8. The predicted molar refractivity (Wildman–Crippen MR) is 90.9 cm³/mol. The fourth-order valence-corrected chi connectivity index (χ4v) is 4.24. The van der Waals surface area contributed by atoms with Gasteiger partial charge in [-0.25, -0.2) is 4.98 Å². The Morgan fingerprint density at radius 3 is 2.55 bits per heavy atom. The van der Waals surface area contributed by atoms with Gasteiger partial charge >= 0.3 is 0 Å². The molecule has 0 radical (unpaired) electrons. The standard InChI is InChI=1S/C14H11Cl2N3OS2/c1-7-12(22-8(2)17-7)13-18-19-14(20-13)21-6-9-10(15)4-3-5-11(9)16/h3-5H,6H2,1-2H3. The van der Waals surface area contributed by atoms with E-state index >= 15 is 0 Å². The Morgan fingerprint density at radius 2 is 1.91 bits per heavy atom. The van der Waals surface area contributed by atoms with Gasteiger partial charge in [0.05, 0.1) is 10.7 Å². The number of halogens is 2. The lowest BCUT2D eigenvalue weighted by molar-refractivity contribution is 0.466. The second-order valence-corrected chi connectivity index (χ2v) is 7.45. The lowest BCUT2D eigenvalue weighted by Gasteiger charge is -2.04. The van der Waals surface area contributed by atoms with Crippen LogP contribution in [0.25, 0.3) is 10.8 Å². The number of hydrogen-bond acceptors (Lipinski definition) is 6. The van der Waals surface area contributed by atoms with E-state index in [4.69, 9.17) is 27.6 Å². The minimum absolute atomic E-state index is 0.483. The number of benzene rings is 1. The zero-order valence-corrected chi connectivity index (χ0v) is 14.9. The van der Waals surface area contributed by atoms with Crippen LogP contribution in [0.1, 0.15) is 16.3 Å². The van der Waals surface area contributed by atoms with Crippen molar-refractivity contribution in [3.05, 3.63) is 44.5 Å². The summed E-state index contributed by atoms with van der Waals surface area (Å²) in [5, 5.41) is 10.9. The van der Waals surface area contributed by atoms with Crippen LogP contribution in [-0.4, -0.2) is 15.2 Å². The van der Waals surface area contributed by atoms with E-state index < -0.39 is 0 Å². The Labute approximate surface area is 145 Å². The maximum absolute atomic E-state index is 6.15. The largest absolute Gasteiger partial charge is 0.410 e. The summed E-state index contributed by atoms with van der Waals surface area (Å²) in [7, 11) is 0. The topological polar surface area (TPSA) is 51.8 Å². The van der Waals surface area contributed by atoms with Crippen LogP contribution in [0.3, 0.4) is 0 Å². The predicted octanol–water partition coefficient (Wildman–Crippen LogP) is 5.41. The zero-order chi connectivity index (χ0) is 15.7. The minimum atomic E-state index is 0.483. The molecule has 0 atom stereocenters. The van der Waals surface area contributed by atoms with E-state index in [0.29, 0.717) is 26.9 Å². The molecule has 0 bridgehead atoms. The molecule has 1 aromatic carbocycles. The Morgan fingerprint density at radius 1 is 1.18 bits per heavy atom. The molecule has 3 aromatic rings. The number of thioether (sulfide) groups is 1. The van der Waals surface area contributed by atoms with Crippen molar-refractivity contribution in [2.24, 2.45) is 0 Å². The molecular weight excluding hydrogens is 361 g/mol. The summed E-state index contributed by atoms with van der Waals surface area (Å²) in [4.78, 5) is 5.27. The number of nitrogens with zero attached hydrogens (tertiary/aromatic N) is 3. The molecule has 0 spiro atoms.